The molecule has 1 aromatic rings. The number of carbonyl (C=O) groups is 1. The lowest BCUT2D eigenvalue weighted by atomic mass is 9.91. The highest BCUT2D eigenvalue weighted by atomic mass is 16.3. The Morgan fingerprint density at radius 1 is 1.28 bits per heavy atom. The molecule has 98 valence electrons. The lowest BCUT2D eigenvalue weighted by Crippen LogP contribution is -2.50. The molecule has 3 atom stereocenters. The molecular formula is C14H20N2O2. The molecule has 0 aromatic heterocycles. The molecule has 4 N–H and O–H groups in total. The van der Waals surface area contributed by atoms with Crippen molar-refractivity contribution in [3.63, 3.8) is 0 Å². The molecule has 0 radical (unpaired) electrons. The van der Waals surface area contributed by atoms with Crippen LogP contribution in [0, 0.1) is 0 Å². The Balaban J connectivity index is 1.95. The predicted octanol–water partition coefficient (Wildman–Crippen LogP) is 1.11. The molecule has 0 heterocycles. The molecule has 1 aliphatic carbocycles. The van der Waals surface area contributed by atoms with Crippen LogP contribution >= 0.6 is 0 Å². The smallest absolute Gasteiger partial charge is 0.253 e. The van der Waals surface area contributed by atoms with E-state index < -0.39 is 6.10 Å². The highest BCUT2D eigenvalue weighted by Gasteiger charge is 2.26. The molecule has 0 aliphatic heterocycles. The second-order valence-electron chi connectivity index (χ2n) is 4.88. The minimum absolute atomic E-state index is 0.00525. The summed E-state index contributed by atoms with van der Waals surface area (Å²) in [6.45, 7) is 0. The van der Waals surface area contributed by atoms with Gasteiger partial charge in [0, 0.05) is 12.1 Å². The highest BCUT2D eigenvalue weighted by Crippen LogP contribution is 2.18. The molecule has 1 fully saturated rings. The van der Waals surface area contributed by atoms with Crippen LogP contribution in [0.2, 0.25) is 0 Å². The second kappa shape index (κ2) is 5.98. The van der Waals surface area contributed by atoms with E-state index in [4.69, 9.17) is 5.73 Å². The topological polar surface area (TPSA) is 75.3 Å². The van der Waals surface area contributed by atoms with E-state index in [-0.39, 0.29) is 18.0 Å². The van der Waals surface area contributed by atoms with Gasteiger partial charge in [0.1, 0.15) is 0 Å². The van der Waals surface area contributed by atoms with Crippen molar-refractivity contribution in [3.8, 4) is 0 Å². The average Bonchev–Trinajstić information content (AvgIpc) is 2.41. The van der Waals surface area contributed by atoms with Crippen molar-refractivity contribution in [2.24, 2.45) is 5.73 Å². The van der Waals surface area contributed by atoms with Gasteiger partial charge in [-0.3, -0.25) is 4.79 Å². The van der Waals surface area contributed by atoms with Crippen molar-refractivity contribution in [1.29, 1.82) is 0 Å². The standard InChI is InChI=1S/C14H20N2O2/c15-11-8-4-5-9-12(11)16-14(18)13(17)10-6-2-1-3-7-10/h1-3,6-7,11-13,17H,4-5,8-9,15H2,(H,16,18)/t11-,12-,13?/m1/s1. The molecule has 1 aromatic carbocycles. The van der Waals surface area contributed by atoms with Crippen molar-refractivity contribution in [1.82, 2.24) is 5.32 Å². The summed E-state index contributed by atoms with van der Waals surface area (Å²) in [4.78, 5) is 11.9. The van der Waals surface area contributed by atoms with Gasteiger partial charge < -0.3 is 16.2 Å². The number of hydrogen-bond donors (Lipinski definition) is 3. The largest absolute Gasteiger partial charge is 0.378 e. The Kier molecular flexibility index (Phi) is 4.33. The van der Waals surface area contributed by atoms with Gasteiger partial charge in [-0.2, -0.15) is 0 Å². The van der Waals surface area contributed by atoms with Crippen molar-refractivity contribution >= 4 is 5.91 Å². The first kappa shape index (κ1) is 13.1. The second-order valence-corrected chi connectivity index (χ2v) is 4.88. The monoisotopic (exact) mass is 248 g/mol. The van der Waals surface area contributed by atoms with Crippen molar-refractivity contribution in [3.05, 3.63) is 35.9 Å². The molecule has 0 bridgehead atoms. The normalized spacial score (nSPS) is 25.4. The van der Waals surface area contributed by atoms with Crippen molar-refractivity contribution in [2.45, 2.75) is 43.9 Å². The maximum Gasteiger partial charge on any atom is 0.253 e. The summed E-state index contributed by atoms with van der Waals surface area (Å²) in [6.07, 6.45) is 2.93. The number of amides is 1. The SMILES string of the molecule is N[C@@H]1CCCC[C@H]1NC(=O)C(O)c1ccccc1. The molecule has 1 aliphatic rings. The first-order valence-corrected chi connectivity index (χ1v) is 6.47. The van der Waals surface area contributed by atoms with E-state index in [1.165, 1.54) is 0 Å². The van der Waals surface area contributed by atoms with Gasteiger partial charge in [0.15, 0.2) is 6.10 Å². The summed E-state index contributed by atoms with van der Waals surface area (Å²) in [5, 5.41) is 12.8. The Bertz CT molecular complexity index is 394. The molecule has 1 amide bonds. The van der Waals surface area contributed by atoms with Crippen LogP contribution in [-0.4, -0.2) is 23.1 Å². The van der Waals surface area contributed by atoms with Crippen LogP contribution in [0.1, 0.15) is 37.4 Å². The van der Waals surface area contributed by atoms with Crippen molar-refractivity contribution < 1.29 is 9.90 Å². The van der Waals surface area contributed by atoms with Crippen LogP contribution in [-0.2, 0) is 4.79 Å². The van der Waals surface area contributed by atoms with Gasteiger partial charge in [0.05, 0.1) is 0 Å². The highest BCUT2D eigenvalue weighted by molar-refractivity contribution is 5.82. The summed E-state index contributed by atoms with van der Waals surface area (Å²) in [6, 6.07) is 8.94. The minimum atomic E-state index is -1.11. The zero-order valence-corrected chi connectivity index (χ0v) is 10.4. The van der Waals surface area contributed by atoms with E-state index in [1.54, 1.807) is 24.3 Å². The van der Waals surface area contributed by atoms with E-state index >= 15 is 0 Å². The number of aliphatic hydroxyl groups is 1. The van der Waals surface area contributed by atoms with Crippen LogP contribution in [0.3, 0.4) is 0 Å². The quantitative estimate of drug-likeness (QED) is 0.750. The van der Waals surface area contributed by atoms with E-state index in [0.29, 0.717) is 5.56 Å². The molecule has 0 saturated heterocycles. The van der Waals surface area contributed by atoms with Gasteiger partial charge in [0.2, 0.25) is 0 Å². The number of hydrogen-bond acceptors (Lipinski definition) is 3. The van der Waals surface area contributed by atoms with Crippen LogP contribution in [0.25, 0.3) is 0 Å². The number of benzene rings is 1. The van der Waals surface area contributed by atoms with Gasteiger partial charge in [0.25, 0.3) is 5.91 Å². The molecule has 4 nitrogen and oxygen atoms in total. The fraction of sp³-hybridized carbons (Fsp3) is 0.500. The predicted molar refractivity (Wildman–Crippen MR) is 69.8 cm³/mol. The summed E-state index contributed by atoms with van der Waals surface area (Å²) in [5.41, 5.74) is 6.58. The van der Waals surface area contributed by atoms with Crippen LogP contribution in [0.5, 0.6) is 0 Å². The summed E-state index contributed by atoms with van der Waals surface area (Å²) in [5.74, 6) is -0.358. The van der Waals surface area contributed by atoms with Crippen LogP contribution < -0.4 is 11.1 Å². The van der Waals surface area contributed by atoms with E-state index in [2.05, 4.69) is 5.32 Å². The Morgan fingerprint density at radius 2 is 1.94 bits per heavy atom. The van der Waals surface area contributed by atoms with Crippen molar-refractivity contribution in [2.75, 3.05) is 0 Å². The molecule has 2 rings (SSSR count). The third-order valence-corrected chi connectivity index (χ3v) is 3.51. The summed E-state index contributed by atoms with van der Waals surface area (Å²) >= 11 is 0. The maximum absolute atomic E-state index is 11.9. The fourth-order valence-electron chi connectivity index (χ4n) is 2.39. The summed E-state index contributed by atoms with van der Waals surface area (Å²) < 4.78 is 0. The third kappa shape index (κ3) is 3.09. The minimum Gasteiger partial charge on any atom is -0.378 e. The third-order valence-electron chi connectivity index (χ3n) is 3.51. The molecule has 4 heteroatoms. The average molecular weight is 248 g/mol. The zero-order chi connectivity index (χ0) is 13.0. The van der Waals surface area contributed by atoms with Gasteiger partial charge in [-0.25, -0.2) is 0 Å². The lowest BCUT2D eigenvalue weighted by molar-refractivity contribution is -0.130. The maximum atomic E-state index is 11.9. The van der Waals surface area contributed by atoms with Gasteiger partial charge >= 0.3 is 0 Å². The number of carbonyl (C=O) groups excluding carboxylic acids is 1. The van der Waals surface area contributed by atoms with E-state index in [1.807, 2.05) is 6.07 Å². The Labute approximate surface area is 107 Å². The molecule has 1 saturated carbocycles. The molecular weight excluding hydrogens is 228 g/mol. The summed E-state index contributed by atoms with van der Waals surface area (Å²) in [7, 11) is 0. The Morgan fingerprint density at radius 3 is 2.61 bits per heavy atom. The molecule has 1 unspecified atom stereocenters. The first-order valence-electron chi connectivity index (χ1n) is 6.47. The molecule has 18 heavy (non-hydrogen) atoms. The number of aliphatic hydroxyl groups excluding tert-OH is 1. The fourth-order valence-corrected chi connectivity index (χ4v) is 2.39. The van der Waals surface area contributed by atoms with Crippen LogP contribution in [0.4, 0.5) is 0 Å². The van der Waals surface area contributed by atoms with Crippen LogP contribution in [0.15, 0.2) is 30.3 Å². The number of rotatable bonds is 3. The number of nitrogens with two attached hydrogens (primary N) is 1. The van der Waals surface area contributed by atoms with Gasteiger partial charge in [-0.15, -0.1) is 0 Å². The van der Waals surface area contributed by atoms with Gasteiger partial charge in [-0.05, 0) is 18.4 Å². The zero-order valence-electron chi connectivity index (χ0n) is 10.4. The lowest BCUT2D eigenvalue weighted by Gasteiger charge is -2.30. The van der Waals surface area contributed by atoms with Gasteiger partial charge in [-0.1, -0.05) is 43.2 Å². The van der Waals surface area contributed by atoms with E-state index in [9.17, 15) is 9.90 Å². The van der Waals surface area contributed by atoms with E-state index in [0.717, 1.165) is 25.7 Å². The Hall–Kier alpha value is -1.39. The molecule has 0 spiro atoms. The first-order chi connectivity index (χ1) is 8.68. The number of nitrogens with one attached hydrogen (secondary N) is 1.